The number of halogens is 1. The fraction of sp³-hybridized carbons (Fsp3) is 0.556. The molecule has 25 heavy (non-hydrogen) atoms. The Balaban J connectivity index is 1.93. The minimum absolute atomic E-state index is 0.0872. The molecule has 1 atom stereocenters. The molecule has 2 N–H and O–H groups in total. The molecule has 1 saturated carbocycles. The number of ether oxygens (including phenoxy) is 2. The number of hydrogen-bond donors (Lipinski definition) is 2. The second kappa shape index (κ2) is 10.3. The minimum atomic E-state index is -1.23. The van der Waals surface area contributed by atoms with E-state index >= 15 is 0 Å². The van der Waals surface area contributed by atoms with Gasteiger partial charge < -0.3 is 19.9 Å². The van der Waals surface area contributed by atoms with Gasteiger partial charge in [0, 0.05) is 11.8 Å². The van der Waals surface area contributed by atoms with Gasteiger partial charge in [-0.2, -0.15) is 0 Å². The minimum Gasteiger partial charge on any atom is -0.494 e. The molecule has 1 aliphatic carbocycles. The van der Waals surface area contributed by atoms with Crippen LogP contribution in [0.3, 0.4) is 0 Å². The van der Waals surface area contributed by atoms with Gasteiger partial charge in [-0.25, -0.2) is 9.59 Å². The Bertz CT molecular complexity index is 557. The molecule has 1 fully saturated rings. The summed E-state index contributed by atoms with van der Waals surface area (Å²) in [5, 5.41) is 12.1. The van der Waals surface area contributed by atoms with Crippen LogP contribution in [0.5, 0.6) is 5.75 Å². The number of nitrogens with one attached hydrogen (secondary N) is 1. The van der Waals surface area contributed by atoms with Gasteiger partial charge in [-0.05, 0) is 49.8 Å². The van der Waals surface area contributed by atoms with Crippen LogP contribution in [0.4, 0.5) is 4.79 Å². The maximum Gasteiger partial charge on any atom is 0.405 e. The van der Waals surface area contributed by atoms with E-state index in [2.05, 4.69) is 21.2 Å². The highest BCUT2D eigenvalue weighted by Crippen LogP contribution is 2.22. The van der Waals surface area contributed by atoms with Crippen LogP contribution in [-0.4, -0.2) is 41.3 Å². The van der Waals surface area contributed by atoms with Crippen LogP contribution >= 0.6 is 15.9 Å². The van der Waals surface area contributed by atoms with E-state index in [9.17, 15) is 9.59 Å². The number of hydrogen-bond acceptors (Lipinski definition) is 4. The molecule has 138 valence electrons. The highest BCUT2D eigenvalue weighted by Gasteiger charge is 2.27. The second-order valence-corrected chi connectivity index (χ2v) is 6.88. The van der Waals surface area contributed by atoms with Gasteiger partial charge in [-0.1, -0.05) is 28.1 Å². The summed E-state index contributed by atoms with van der Waals surface area (Å²) in [6.07, 6.45) is 3.65. The van der Waals surface area contributed by atoms with E-state index in [1.54, 1.807) is 0 Å². The summed E-state index contributed by atoms with van der Waals surface area (Å²) in [6.45, 7) is 0.626. The van der Waals surface area contributed by atoms with E-state index < -0.39 is 18.1 Å². The topological polar surface area (TPSA) is 84.9 Å². The number of alkyl halides is 1. The van der Waals surface area contributed by atoms with Crippen molar-refractivity contribution in [2.45, 2.75) is 50.7 Å². The molecule has 6 nitrogen and oxygen atoms in total. The maximum absolute atomic E-state index is 12.3. The number of rotatable bonds is 9. The molecule has 1 amide bonds. The highest BCUT2D eigenvalue weighted by atomic mass is 79.9. The Kier molecular flexibility index (Phi) is 8.04. The number of amides is 1. The van der Waals surface area contributed by atoms with E-state index in [1.165, 1.54) is 0 Å². The van der Waals surface area contributed by atoms with Crippen LogP contribution in [0.25, 0.3) is 0 Å². The first-order valence-electron chi connectivity index (χ1n) is 8.56. The summed E-state index contributed by atoms with van der Waals surface area (Å²) in [5.74, 6) is 0.243. The molecule has 0 aromatic heterocycles. The van der Waals surface area contributed by atoms with Gasteiger partial charge in [0.05, 0.1) is 6.61 Å². The third-order valence-electron chi connectivity index (χ3n) is 4.08. The Hall–Kier alpha value is -1.76. The molecular formula is C18H24BrNO5. The van der Waals surface area contributed by atoms with Gasteiger partial charge >= 0.3 is 12.1 Å². The smallest absolute Gasteiger partial charge is 0.405 e. The van der Waals surface area contributed by atoms with Crippen molar-refractivity contribution < 1.29 is 24.2 Å². The second-order valence-electron chi connectivity index (χ2n) is 6.08. The van der Waals surface area contributed by atoms with Crippen molar-refractivity contribution in [3.05, 3.63) is 29.8 Å². The number of benzene rings is 1. The monoisotopic (exact) mass is 413 g/mol. The predicted molar refractivity (Wildman–Crippen MR) is 97.3 cm³/mol. The van der Waals surface area contributed by atoms with Crippen molar-refractivity contribution in [2.24, 2.45) is 0 Å². The lowest BCUT2D eigenvalue weighted by Gasteiger charge is -2.19. The van der Waals surface area contributed by atoms with Gasteiger partial charge in [0.2, 0.25) is 0 Å². The molecule has 0 aliphatic heterocycles. The molecule has 1 aliphatic rings. The van der Waals surface area contributed by atoms with Crippen molar-refractivity contribution in [2.75, 3.05) is 11.9 Å². The lowest BCUT2D eigenvalue weighted by Crippen LogP contribution is -2.43. The quantitative estimate of drug-likeness (QED) is 0.367. The first-order chi connectivity index (χ1) is 12.1. The normalized spacial score (nSPS) is 15.6. The molecule has 0 heterocycles. The van der Waals surface area contributed by atoms with Crippen LogP contribution in [0.2, 0.25) is 0 Å². The largest absolute Gasteiger partial charge is 0.494 e. The van der Waals surface area contributed by atoms with Crippen LogP contribution in [-0.2, 0) is 16.0 Å². The number of carbonyl (C=O) groups is 2. The lowest BCUT2D eigenvalue weighted by molar-refractivity contribution is -0.151. The van der Waals surface area contributed by atoms with E-state index in [4.69, 9.17) is 14.6 Å². The van der Waals surface area contributed by atoms with Gasteiger partial charge in [0.15, 0.2) is 0 Å². The maximum atomic E-state index is 12.3. The van der Waals surface area contributed by atoms with Crippen molar-refractivity contribution in [3.8, 4) is 5.75 Å². The zero-order valence-corrected chi connectivity index (χ0v) is 15.7. The summed E-state index contributed by atoms with van der Waals surface area (Å²) < 4.78 is 11.0. The predicted octanol–water partition coefficient (Wildman–Crippen LogP) is 3.51. The zero-order chi connectivity index (χ0) is 18.1. The van der Waals surface area contributed by atoms with Gasteiger partial charge in [-0.3, -0.25) is 0 Å². The van der Waals surface area contributed by atoms with Gasteiger partial charge in [0.1, 0.15) is 17.9 Å². The first kappa shape index (κ1) is 19.6. The molecule has 7 heteroatoms. The summed E-state index contributed by atoms with van der Waals surface area (Å²) in [6, 6.07) is 6.41. The van der Waals surface area contributed by atoms with Gasteiger partial charge in [0.25, 0.3) is 0 Å². The number of esters is 1. The van der Waals surface area contributed by atoms with Crippen molar-refractivity contribution in [1.82, 2.24) is 5.32 Å². The molecule has 1 aromatic rings. The molecular weight excluding hydrogens is 390 g/mol. The Morgan fingerprint density at radius 3 is 2.52 bits per heavy atom. The van der Waals surface area contributed by atoms with E-state index in [0.29, 0.717) is 6.61 Å². The summed E-state index contributed by atoms with van der Waals surface area (Å²) >= 11 is 3.35. The van der Waals surface area contributed by atoms with Crippen LogP contribution in [0.15, 0.2) is 24.3 Å². The van der Waals surface area contributed by atoms with Crippen LogP contribution in [0.1, 0.15) is 37.7 Å². The van der Waals surface area contributed by atoms with Gasteiger partial charge in [-0.15, -0.1) is 0 Å². The molecule has 1 aromatic carbocycles. The molecule has 0 radical (unpaired) electrons. The fourth-order valence-electron chi connectivity index (χ4n) is 2.80. The Labute approximate surface area is 156 Å². The fourth-order valence-corrected chi connectivity index (χ4v) is 3.03. The third-order valence-corrected chi connectivity index (χ3v) is 4.64. The summed E-state index contributed by atoms with van der Waals surface area (Å²) in [7, 11) is 0. The average Bonchev–Trinajstić information content (AvgIpc) is 3.08. The lowest BCUT2D eigenvalue weighted by atomic mass is 10.1. The molecule has 0 unspecified atom stereocenters. The summed E-state index contributed by atoms with van der Waals surface area (Å²) in [4.78, 5) is 23.3. The van der Waals surface area contributed by atoms with E-state index in [0.717, 1.165) is 48.7 Å². The van der Waals surface area contributed by atoms with Crippen LogP contribution < -0.4 is 10.1 Å². The Morgan fingerprint density at radius 1 is 1.24 bits per heavy atom. The summed E-state index contributed by atoms with van der Waals surface area (Å²) in [5.41, 5.74) is 0.843. The molecule has 0 spiro atoms. The zero-order valence-electron chi connectivity index (χ0n) is 14.1. The van der Waals surface area contributed by atoms with Crippen molar-refractivity contribution in [1.29, 1.82) is 0 Å². The number of carbonyl (C=O) groups excluding carboxylic acids is 1. The number of carboxylic acid groups (broad SMARTS) is 1. The highest BCUT2D eigenvalue weighted by molar-refractivity contribution is 9.09. The molecule has 2 rings (SSSR count). The molecule has 0 saturated heterocycles. The SMILES string of the molecule is O=C(O)N[C@@H](Cc1ccc(OCCCBr)cc1)C(=O)OC1CCCC1. The van der Waals surface area contributed by atoms with E-state index in [-0.39, 0.29) is 12.5 Å². The first-order valence-corrected chi connectivity index (χ1v) is 9.68. The van der Waals surface area contributed by atoms with Crippen molar-refractivity contribution >= 4 is 28.0 Å². The average molecular weight is 414 g/mol. The molecule has 0 bridgehead atoms. The van der Waals surface area contributed by atoms with Crippen LogP contribution in [0, 0.1) is 0 Å². The Morgan fingerprint density at radius 2 is 1.92 bits per heavy atom. The third kappa shape index (κ3) is 6.94. The van der Waals surface area contributed by atoms with Crippen molar-refractivity contribution in [3.63, 3.8) is 0 Å². The standard InChI is InChI=1S/C18H24BrNO5/c19-10-3-11-24-14-8-6-13(7-9-14)12-16(20-18(22)23)17(21)25-15-4-1-2-5-15/h6-9,15-16,20H,1-5,10-12H2,(H,22,23)/t16-/m0/s1. The van der Waals surface area contributed by atoms with E-state index in [1.807, 2.05) is 24.3 Å².